The molecule has 6 aromatic rings. The molecule has 0 fully saturated rings. The molecule has 0 aliphatic rings. The molecule has 0 saturated carbocycles. The van der Waals surface area contributed by atoms with Crippen LogP contribution in [0.3, 0.4) is 0 Å². The molecule has 6 aromatic carbocycles. The molecule has 0 unspecified atom stereocenters. The molecule has 0 aliphatic carbocycles. The molecule has 0 amide bonds. The summed E-state index contributed by atoms with van der Waals surface area (Å²) in [6.07, 6.45) is 0. The molecule has 57 heavy (non-hydrogen) atoms. The van der Waals surface area contributed by atoms with Gasteiger partial charge in [-0.3, -0.25) is 0 Å². The van der Waals surface area contributed by atoms with Crippen LogP contribution in [-0.2, 0) is 22.4 Å². The summed E-state index contributed by atoms with van der Waals surface area (Å²) in [7, 11) is -2.21. The van der Waals surface area contributed by atoms with Crippen molar-refractivity contribution in [2.75, 3.05) is 0 Å². The van der Waals surface area contributed by atoms with Crippen LogP contribution in [0.15, 0.2) is 72.8 Å². The van der Waals surface area contributed by atoms with Crippen molar-refractivity contribution in [3.8, 4) is 0 Å². The Morgan fingerprint density at radius 1 is 0.193 bits per heavy atom. The molecule has 302 valence electrons. The van der Waals surface area contributed by atoms with E-state index in [4.69, 9.17) is 0 Å². The van der Waals surface area contributed by atoms with Gasteiger partial charge in [-0.2, -0.15) is 0 Å². The van der Waals surface area contributed by atoms with Crippen LogP contribution in [0.1, 0.15) is 100 Å². The van der Waals surface area contributed by atoms with Crippen LogP contribution >= 0.6 is 15.8 Å². The normalized spacial score (nSPS) is 11.2. The van der Waals surface area contributed by atoms with Gasteiger partial charge in [-0.05, 0) is 191 Å². The molecule has 0 heterocycles. The quantitative estimate of drug-likeness (QED) is 0.115. The smallest absolute Gasteiger partial charge is 0.0524 e. The third-order valence-electron chi connectivity index (χ3n) is 11.6. The van der Waals surface area contributed by atoms with Crippen LogP contribution in [0.5, 0.6) is 0 Å². The van der Waals surface area contributed by atoms with Gasteiger partial charge in [0.1, 0.15) is 47.7 Å². The Labute approximate surface area is 365 Å². The van der Waals surface area contributed by atoms with Crippen molar-refractivity contribution < 1.29 is 22.4 Å². The van der Waals surface area contributed by atoms with E-state index in [1.54, 1.807) is 31.8 Å². The predicted molar refractivity (Wildman–Crippen MR) is 258 cm³/mol. The summed E-state index contributed by atoms with van der Waals surface area (Å²) in [5, 5.41) is 9.42. The van der Waals surface area contributed by atoms with Crippen molar-refractivity contribution in [1.82, 2.24) is 0 Å². The fourth-order valence-electron chi connectivity index (χ4n) is 10.2. The fourth-order valence-corrected chi connectivity index (χ4v) is 17.3. The Balaban J connectivity index is 0.000000248. The van der Waals surface area contributed by atoms with Crippen molar-refractivity contribution in [2.24, 2.45) is 0 Å². The van der Waals surface area contributed by atoms with Crippen LogP contribution in [0, 0.1) is 125 Å². The van der Waals surface area contributed by atoms with Crippen LogP contribution in [-0.4, -0.2) is 0 Å². The van der Waals surface area contributed by atoms with Crippen LogP contribution in [0.25, 0.3) is 0 Å². The third kappa shape index (κ3) is 10.0. The standard InChI is InChI=1S/2C27H33P.Ag/c2*1-16-10-19(4)25(20(5)11-16)28(26-21(6)12-17(2)13-22(26)7)27-23(8)14-18(3)15-24(27)9;/h2*10-15H,1-9H3;/q;;+1/p+2. The average molecular weight is 887 g/mol. The fraction of sp³-hybridized carbons (Fsp3) is 0.333. The van der Waals surface area contributed by atoms with Gasteiger partial charge in [0, 0.05) is 0 Å². The summed E-state index contributed by atoms with van der Waals surface area (Å²) in [5.74, 6) is 0. The second-order valence-corrected chi connectivity index (χ2v) is 21.9. The summed E-state index contributed by atoms with van der Waals surface area (Å²) in [6, 6.07) is 28.4. The van der Waals surface area contributed by atoms with E-state index in [-0.39, 0.29) is 22.4 Å². The van der Waals surface area contributed by atoms with E-state index in [9.17, 15) is 0 Å². The van der Waals surface area contributed by atoms with E-state index >= 15 is 0 Å². The Morgan fingerprint density at radius 2 is 0.281 bits per heavy atom. The van der Waals surface area contributed by atoms with Crippen LogP contribution < -0.4 is 31.8 Å². The second-order valence-electron chi connectivity index (χ2n) is 17.4. The summed E-state index contributed by atoms with van der Waals surface area (Å²) in [5.41, 5.74) is 25.4. The van der Waals surface area contributed by atoms with E-state index < -0.39 is 15.8 Å². The first-order valence-electron chi connectivity index (χ1n) is 20.4. The number of hydrogen-bond acceptors (Lipinski definition) is 0. The van der Waals surface area contributed by atoms with Crippen molar-refractivity contribution in [1.29, 1.82) is 0 Å². The molecule has 0 spiro atoms. The topological polar surface area (TPSA) is 0 Å². The van der Waals surface area contributed by atoms with Gasteiger partial charge in [-0.25, -0.2) is 0 Å². The molecule has 0 N–H and O–H groups in total. The number of rotatable bonds is 6. The molecule has 0 saturated heterocycles. The van der Waals surface area contributed by atoms with Crippen molar-refractivity contribution in [3.63, 3.8) is 0 Å². The maximum Gasteiger partial charge on any atom is 1.00 e. The summed E-state index contributed by atoms with van der Waals surface area (Å²) < 4.78 is 0. The van der Waals surface area contributed by atoms with Crippen LogP contribution in [0.4, 0.5) is 0 Å². The van der Waals surface area contributed by atoms with E-state index in [1.165, 1.54) is 100 Å². The van der Waals surface area contributed by atoms with Gasteiger partial charge in [0.25, 0.3) is 0 Å². The second kappa shape index (κ2) is 18.9. The maximum atomic E-state index is 2.37. The first kappa shape index (κ1) is 46.6. The van der Waals surface area contributed by atoms with E-state index in [0.29, 0.717) is 0 Å². The maximum absolute atomic E-state index is 2.37. The van der Waals surface area contributed by atoms with Gasteiger partial charge >= 0.3 is 22.4 Å². The molecular weight excluding hydrogens is 818 g/mol. The van der Waals surface area contributed by atoms with Gasteiger partial charge in [-0.1, -0.05) is 106 Å². The first-order valence-corrected chi connectivity index (χ1v) is 23.4. The minimum Gasteiger partial charge on any atom is -0.0524 e. The summed E-state index contributed by atoms with van der Waals surface area (Å²) >= 11 is 0. The zero-order valence-corrected chi connectivity index (χ0v) is 41.7. The van der Waals surface area contributed by atoms with Gasteiger partial charge in [0.2, 0.25) is 0 Å². The van der Waals surface area contributed by atoms with Crippen molar-refractivity contribution in [2.45, 2.75) is 125 Å². The molecule has 3 heteroatoms. The minimum atomic E-state index is -1.11. The summed E-state index contributed by atoms with van der Waals surface area (Å²) in [4.78, 5) is 0. The molecule has 0 nitrogen and oxygen atoms in total. The van der Waals surface area contributed by atoms with Gasteiger partial charge in [0.05, 0.1) is 0 Å². The first-order chi connectivity index (χ1) is 26.2. The largest absolute Gasteiger partial charge is 1.00 e. The summed E-state index contributed by atoms with van der Waals surface area (Å²) in [6.45, 7) is 40.9. The minimum absolute atomic E-state index is 0. The molecule has 0 atom stereocenters. The van der Waals surface area contributed by atoms with Gasteiger partial charge < -0.3 is 0 Å². The Hall–Kier alpha value is -3.08. The molecule has 0 radical (unpaired) electrons. The Bertz CT molecular complexity index is 1880. The van der Waals surface area contributed by atoms with E-state index in [2.05, 4.69) is 197 Å². The zero-order valence-electron chi connectivity index (χ0n) is 38.2. The monoisotopic (exact) mass is 885 g/mol. The number of hydrogen-bond donors (Lipinski definition) is 0. The molecule has 0 aliphatic heterocycles. The number of benzene rings is 6. The Kier molecular flexibility index (Phi) is 15.4. The molecule has 0 bridgehead atoms. The molecule has 0 aromatic heterocycles. The average Bonchev–Trinajstić information content (AvgIpc) is 3.02. The van der Waals surface area contributed by atoms with Crippen LogP contribution in [0.2, 0.25) is 0 Å². The predicted octanol–water partition coefficient (Wildman–Crippen LogP) is 11.9. The molecular formula is C54H68AgP2+3. The van der Waals surface area contributed by atoms with Gasteiger partial charge in [0.15, 0.2) is 0 Å². The third-order valence-corrected chi connectivity index (χ3v) is 19.3. The number of aryl methyl sites for hydroxylation is 18. The van der Waals surface area contributed by atoms with Gasteiger partial charge in [-0.15, -0.1) is 0 Å². The molecule has 6 rings (SSSR count). The van der Waals surface area contributed by atoms with Crippen molar-refractivity contribution >= 4 is 47.7 Å². The SMILES string of the molecule is Cc1cc(C)c([PH+](c2c(C)cc(C)cc2C)c2c(C)cc(C)cc2C)c(C)c1.Cc1cc(C)c([PH+](c2c(C)cc(C)cc2C)c2c(C)cc(C)cc2C)c(C)c1.[Ag+]. The van der Waals surface area contributed by atoms with E-state index in [0.717, 1.165) is 0 Å². The van der Waals surface area contributed by atoms with E-state index in [1.807, 2.05) is 0 Å². The zero-order chi connectivity index (χ0) is 41.5. The van der Waals surface area contributed by atoms with Crippen molar-refractivity contribution in [3.05, 3.63) is 173 Å². The Morgan fingerprint density at radius 3 is 0.368 bits per heavy atom.